The van der Waals surface area contributed by atoms with Gasteiger partial charge in [0, 0.05) is 18.5 Å². The normalized spacial score (nSPS) is 10.8. The highest BCUT2D eigenvalue weighted by atomic mass is 16.5. The number of methoxy groups -OCH3 is 2. The van der Waals surface area contributed by atoms with Crippen LogP contribution in [0.3, 0.4) is 0 Å². The van der Waals surface area contributed by atoms with Crippen molar-refractivity contribution in [2.24, 2.45) is 0 Å². The molecule has 0 bridgehead atoms. The van der Waals surface area contributed by atoms with Crippen LogP contribution in [0, 0.1) is 0 Å². The third kappa shape index (κ3) is 6.25. The van der Waals surface area contributed by atoms with Crippen molar-refractivity contribution in [3.63, 3.8) is 0 Å². The van der Waals surface area contributed by atoms with Crippen molar-refractivity contribution in [1.82, 2.24) is 14.9 Å². The van der Waals surface area contributed by atoms with E-state index in [4.69, 9.17) is 19.2 Å². The number of fused-ring (bicyclic) bond motifs is 1. The van der Waals surface area contributed by atoms with Gasteiger partial charge in [0.25, 0.3) is 5.91 Å². The fourth-order valence-corrected chi connectivity index (χ4v) is 3.69. The van der Waals surface area contributed by atoms with Crippen LogP contribution >= 0.6 is 0 Å². The van der Waals surface area contributed by atoms with Crippen molar-refractivity contribution in [3.8, 4) is 11.5 Å². The minimum atomic E-state index is -0.264. The monoisotopic (exact) mass is 453 g/mol. The van der Waals surface area contributed by atoms with E-state index in [-0.39, 0.29) is 18.4 Å². The van der Waals surface area contributed by atoms with E-state index in [0.29, 0.717) is 30.2 Å². The first-order valence-corrected chi connectivity index (χ1v) is 11.2. The Bertz CT molecular complexity index is 1090. The van der Waals surface area contributed by atoms with E-state index < -0.39 is 0 Å². The van der Waals surface area contributed by atoms with Crippen molar-refractivity contribution in [2.75, 3.05) is 27.4 Å². The van der Waals surface area contributed by atoms with Gasteiger partial charge in [-0.05, 0) is 50.1 Å². The lowest BCUT2D eigenvalue weighted by Gasteiger charge is -2.10. The lowest BCUT2D eigenvalue weighted by molar-refractivity contribution is -0.143. The molecule has 0 aliphatic carbocycles. The van der Waals surface area contributed by atoms with Gasteiger partial charge in [0.15, 0.2) is 11.5 Å². The molecule has 176 valence electrons. The van der Waals surface area contributed by atoms with Crippen LogP contribution in [0.25, 0.3) is 11.0 Å². The minimum Gasteiger partial charge on any atom is -0.493 e. The van der Waals surface area contributed by atoms with Crippen molar-refractivity contribution in [1.29, 1.82) is 0 Å². The summed E-state index contributed by atoms with van der Waals surface area (Å²) in [6.07, 6.45) is 3.42. The van der Waals surface area contributed by atoms with Crippen molar-refractivity contribution >= 4 is 22.9 Å². The number of rotatable bonds is 12. The van der Waals surface area contributed by atoms with Gasteiger partial charge in [0.1, 0.15) is 12.4 Å². The molecule has 0 fully saturated rings. The number of aromatic nitrogens is 2. The van der Waals surface area contributed by atoms with Gasteiger partial charge in [-0.2, -0.15) is 0 Å². The molecule has 33 heavy (non-hydrogen) atoms. The number of nitrogens with one attached hydrogen (secondary N) is 1. The summed E-state index contributed by atoms with van der Waals surface area (Å²) in [5.74, 6) is 1.57. The Balaban J connectivity index is 1.49. The number of carbonyl (C=O) groups is 2. The van der Waals surface area contributed by atoms with E-state index in [9.17, 15) is 9.59 Å². The standard InChI is InChI=1S/C25H31N3O5/c1-4-33-24(29)17-28-20-11-8-7-10-19(20)27-23(28)12-6-5-9-15-26-25(30)18-13-14-21(31-2)22(16-18)32-3/h7-8,10-11,13-14,16H,4-6,9,12,15,17H2,1-3H3,(H,26,30). The zero-order valence-corrected chi connectivity index (χ0v) is 19.4. The third-order valence-corrected chi connectivity index (χ3v) is 5.33. The predicted molar refractivity (Wildman–Crippen MR) is 126 cm³/mol. The molecule has 1 aromatic heterocycles. The van der Waals surface area contributed by atoms with Crippen LogP contribution in [-0.4, -0.2) is 48.8 Å². The summed E-state index contributed by atoms with van der Waals surface area (Å²) in [6, 6.07) is 12.9. The second-order valence-corrected chi connectivity index (χ2v) is 7.54. The van der Waals surface area contributed by atoms with Gasteiger partial charge in [-0.1, -0.05) is 18.6 Å². The van der Waals surface area contributed by atoms with E-state index in [1.165, 1.54) is 0 Å². The Morgan fingerprint density at radius 1 is 1.00 bits per heavy atom. The number of hydrogen-bond acceptors (Lipinski definition) is 6. The first-order chi connectivity index (χ1) is 16.1. The number of para-hydroxylation sites is 2. The molecule has 1 amide bonds. The number of unbranched alkanes of at least 4 members (excludes halogenated alkanes) is 2. The molecule has 1 N–H and O–H groups in total. The van der Waals surface area contributed by atoms with E-state index in [1.807, 2.05) is 28.8 Å². The molecule has 0 unspecified atom stereocenters. The second-order valence-electron chi connectivity index (χ2n) is 7.54. The van der Waals surface area contributed by atoms with E-state index in [0.717, 1.165) is 42.5 Å². The van der Waals surface area contributed by atoms with Gasteiger partial charge in [-0.25, -0.2) is 4.98 Å². The molecule has 3 aromatic rings. The molecule has 1 heterocycles. The van der Waals surface area contributed by atoms with Gasteiger partial charge in [0.05, 0.1) is 31.9 Å². The van der Waals surface area contributed by atoms with Crippen LogP contribution in [0.15, 0.2) is 42.5 Å². The van der Waals surface area contributed by atoms with Crippen LogP contribution in [0.4, 0.5) is 0 Å². The molecule has 3 rings (SSSR count). The smallest absolute Gasteiger partial charge is 0.326 e. The molecule has 0 saturated carbocycles. The summed E-state index contributed by atoms with van der Waals surface area (Å²) >= 11 is 0. The Labute approximate surface area is 193 Å². The van der Waals surface area contributed by atoms with Crippen LogP contribution in [0.5, 0.6) is 11.5 Å². The highest BCUT2D eigenvalue weighted by Crippen LogP contribution is 2.27. The van der Waals surface area contributed by atoms with Crippen LogP contribution in [-0.2, 0) is 22.5 Å². The average Bonchev–Trinajstić information content (AvgIpc) is 3.17. The highest BCUT2D eigenvalue weighted by molar-refractivity contribution is 5.94. The maximum Gasteiger partial charge on any atom is 0.326 e. The lowest BCUT2D eigenvalue weighted by atomic mass is 10.1. The number of benzene rings is 2. The minimum absolute atomic E-state index is 0.146. The zero-order chi connectivity index (χ0) is 23.6. The van der Waals surface area contributed by atoms with E-state index in [2.05, 4.69) is 5.32 Å². The molecular formula is C25H31N3O5. The van der Waals surface area contributed by atoms with Gasteiger partial charge < -0.3 is 24.1 Å². The molecule has 0 aliphatic heterocycles. The van der Waals surface area contributed by atoms with Crippen molar-refractivity contribution < 1.29 is 23.8 Å². The van der Waals surface area contributed by atoms with Crippen molar-refractivity contribution in [3.05, 3.63) is 53.9 Å². The second kappa shape index (κ2) is 11.9. The molecule has 8 heteroatoms. The van der Waals surface area contributed by atoms with Crippen LogP contribution in [0.1, 0.15) is 42.4 Å². The topological polar surface area (TPSA) is 91.7 Å². The number of carbonyl (C=O) groups excluding carboxylic acids is 2. The summed E-state index contributed by atoms with van der Waals surface area (Å²) in [5.41, 5.74) is 2.34. The Morgan fingerprint density at radius 2 is 1.79 bits per heavy atom. The number of nitrogens with zero attached hydrogens (tertiary/aromatic N) is 2. The summed E-state index contributed by atoms with van der Waals surface area (Å²) in [4.78, 5) is 29.2. The number of aryl methyl sites for hydroxylation is 1. The van der Waals surface area contributed by atoms with Gasteiger partial charge in [-0.3, -0.25) is 9.59 Å². The summed E-state index contributed by atoms with van der Waals surface area (Å²) < 4.78 is 17.5. The molecular weight excluding hydrogens is 422 g/mol. The molecule has 2 aromatic carbocycles. The third-order valence-electron chi connectivity index (χ3n) is 5.33. The SMILES string of the molecule is CCOC(=O)Cn1c(CCCCCNC(=O)c2ccc(OC)c(OC)c2)nc2ccccc21. The van der Waals surface area contributed by atoms with E-state index in [1.54, 1.807) is 39.3 Å². The summed E-state index contributed by atoms with van der Waals surface area (Å²) in [5, 5.41) is 2.94. The Hall–Kier alpha value is -3.55. The zero-order valence-electron chi connectivity index (χ0n) is 19.4. The quantitative estimate of drug-likeness (QED) is 0.332. The fraction of sp³-hybridized carbons (Fsp3) is 0.400. The number of amides is 1. The molecule has 8 nitrogen and oxygen atoms in total. The van der Waals surface area contributed by atoms with Crippen molar-refractivity contribution in [2.45, 2.75) is 39.2 Å². The van der Waals surface area contributed by atoms with Gasteiger partial charge >= 0.3 is 5.97 Å². The lowest BCUT2D eigenvalue weighted by Crippen LogP contribution is -2.24. The summed E-state index contributed by atoms with van der Waals surface area (Å²) in [6.45, 7) is 2.89. The molecule has 0 radical (unpaired) electrons. The van der Waals surface area contributed by atoms with Gasteiger partial charge in [0.2, 0.25) is 0 Å². The number of esters is 1. The number of imidazole rings is 1. The molecule has 0 spiro atoms. The van der Waals surface area contributed by atoms with Crippen LogP contribution in [0.2, 0.25) is 0 Å². The largest absolute Gasteiger partial charge is 0.493 e. The molecule has 0 atom stereocenters. The Kier molecular flexibility index (Phi) is 8.69. The summed E-state index contributed by atoms with van der Waals surface area (Å²) in [7, 11) is 3.10. The number of hydrogen-bond donors (Lipinski definition) is 1. The Morgan fingerprint density at radius 3 is 2.55 bits per heavy atom. The van der Waals surface area contributed by atoms with Gasteiger partial charge in [-0.15, -0.1) is 0 Å². The highest BCUT2D eigenvalue weighted by Gasteiger charge is 2.14. The van der Waals surface area contributed by atoms with Crippen LogP contribution < -0.4 is 14.8 Å². The van der Waals surface area contributed by atoms with E-state index >= 15 is 0 Å². The predicted octanol–water partition coefficient (Wildman–Crippen LogP) is 3.76. The first kappa shape index (κ1) is 24.1. The first-order valence-electron chi connectivity index (χ1n) is 11.2. The maximum atomic E-state index is 12.4. The average molecular weight is 454 g/mol. The fourth-order valence-electron chi connectivity index (χ4n) is 3.69. The molecule has 0 aliphatic rings. The number of ether oxygens (including phenoxy) is 3. The molecule has 0 saturated heterocycles. The maximum absolute atomic E-state index is 12.4.